The van der Waals surface area contributed by atoms with Gasteiger partial charge < -0.3 is 10.0 Å². The van der Waals surface area contributed by atoms with Gasteiger partial charge in [-0.1, -0.05) is 79.9 Å². The van der Waals surface area contributed by atoms with Gasteiger partial charge in [0.15, 0.2) is 0 Å². The average molecular weight is 597 g/mol. The van der Waals surface area contributed by atoms with Crippen LogP contribution in [-0.4, -0.2) is 68.9 Å². The van der Waals surface area contributed by atoms with Crippen LogP contribution >= 0.6 is 0 Å². The van der Waals surface area contributed by atoms with E-state index in [9.17, 15) is 9.90 Å². The lowest BCUT2D eigenvalue weighted by Gasteiger charge is -2.38. The number of likely N-dealkylation sites (tertiary alicyclic amines) is 1. The van der Waals surface area contributed by atoms with Crippen LogP contribution in [-0.2, 0) is 24.2 Å². The van der Waals surface area contributed by atoms with Gasteiger partial charge in [0.2, 0.25) is 0 Å². The van der Waals surface area contributed by atoms with Crippen LogP contribution in [0, 0.1) is 5.92 Å². The van der Waals surface area contributed by atoms with Crippen LogP contribution in [0.25, 0.3) is 0 Å². The molecule has 3 atom stereocenters. The molecule has 236 valence electrons. The minimum atomic E-state index is -0.674. The summed E-state index contributed by atoms with van der Waals surface area (Å²) in [6.07, 6.45) is 14.9. The van der Waals surface area contributed by atoms with Crippen molar-refractivity contribution >= 4 is 5.97 Å². The zero-order chi connectivity index (χ0) is 30.3. The Morgan fingerprint density at radius 1 is 0.886 bits per heavy atom. The summed E-state index contributed by atoms with van der Waals surface area (Å²) in [5.41, 5.74) is 5.73. The Kier molecular flexibility index (Phi) is 10.5. The molecular formula is C38H52N4O2. The molecule has 0 spiro atoms. The van der Waals surface area contributed by atoms with Crippen molar-refractivity contribution in [1.29, 1.82) is 0 Å². The molecule has 3 aliphatic rings. The van der Waals surface area contributed by atoms with E-state index in [0.717, 1.165) is 64.7 Å². The molecule has 1 aromatic heterocycles. The van der Waals surface area contributed by atoms with E-state index in [2.05, 4.69) is 88.3 Å². The summed E-state index contributed by atoms with van der Waals surface area (Å²) in [6, 6.07) is 22.7. The fraction of sp³-hybridized carbons (Fsp3) is 0.579. The number of carbonyl (C=O) groups is 1. The van der Waals surface area contributed by atoms with E-state index in [1.807, 2.05) is 0 Å². The van der Waals surface area contributed by atoms with Crippen molar-refractivity contribution in [2.75, 3.05) is 26.2 Å². The van der Waals surface area contributed by atoms with E-state index in [4.69, 9.17) is 5.10 Å². The second-order valence-corrected chi connectivity index (χ2v) is 13.7. The maximum absolute atomic E-state index is 12.0. The molecule has 0 amide bonds. The van der Waals surface area contributed by atoms with Crippen LogP contribution in [0.5, 0.6) is 0 Å². The maximum Gasteiger partial charge on any atom is 0.317 e. The number of carboxylic acid groups (broad SMARTS) is 1. The quantitative estimate of drug-likeness (QED) is 0.241. The second kappa shape index (κ2) is 14.9. The minimum absolute atomic E-state index is 0.187. The zero-order valence-corrected chi connectivity index (χ0v) is 26.7. The van der Waals surface area contributed by atoms with Gasteiger partial charge in [0.1, 0.15) is 0 Å². The summed E-state index contributed by atoms with van der Waals surface area (Å²) in [5, 5.41) is 14.7. The SMILES string of the molecule is CCn1ncc(CCc2ccccc2)c1C1CCN(C[C@H]2CC(N(CC(=O)O)C3CCCCC3)C[C@@H]2c2ccccc2)CC1. The molecule has 0 radical (unpaired) electrons. The largest absolute Gasteiger partial charge is 0.480 e. The summed E-state index contributed by atoms with van der Waals surface area (Å²) >= 11 is 0. The van der Waals surface area contributed by atoms with Crippen LogP contribution in [0.2, 0.25) is 0 Å². The first-order valence-electron chi connectivity index (χ1n) is 17.4. The van der Waals surface area contributed by atoms with Gasteiger partial charge >= 0.3 is 5.97 Å². The highest BCUT2D eigenvalue weighted by Crippen LogP contribution is 2.44. The van der Waals surface area contributed by atoms with E-state index in [1.165, 1.54) is 54.5 Å². The van der Waals surface area contributed by atoms with E-state index in [0.29, 0.717) is 29.8 Å². The Morgan fingerprint density at radius 3 is 2.27 bits per heavy atom. The number of piperidine rings is 1. The number of aryl methyl sites for hydroxylation is 3. The van der Waals surface area contributed by atoms with Gasteiger partial charge in [0.05, 0.1) is 12.7 Å². The first-order valence-corrected chi connectivity index (χ1v) is 17.4. The van der Waals surface area contributed by atoms with E-state index in [-0.39, 0.29) is 6.54 Å². The number of aliphatic carboxylic acids is 1. The van der Waals surface area contributed by atoms with E-state index >= 15 is 0 Å². The molecule has 2 aliphatic carbocycles. The van der Waals surface area contributed by atoms with Gasteiger partial charge in [-0.25, -0.2) is 0 Å². The lowest BCUT2D eigenvalue weighted by Crippen LogP contribution is -2.46. The maximum atomic E-state index is 12.0. The molecule has 2 saturated carbocycles. The predicted octanol–water partition coefficient (Wildman–Crippen LogP) is 7.15. The van der Waals surface area contributed by atoms with Crippen molar-refractivity contribution in [1.82, 2.24) is 19.6 Å². The molecular weight excluding hydrogens is 544 g/mol. The lowest BCUT2D eigenvalue weighted by molar-refractivity contribution is -0.140. The van der Waals surface area contributed by atoms with Crippen molar-refractivity contribution in [3.8, 4) is 0 Å². The minimum Gasteiger partial charge on any atom is -0.480 e. The van der Waals surface area contributed by atoms with E-state index < -0.39 is 5.97 Å². The zero-order valence-electron chi connectivity index (χ0n) is 26.7. The van der Waals surface area contributed by atoms with Crippen LogP contribution in [0.1, 0.15) is 98.9 Å². The number of aromatic nitrogens is 2. The summed E-state index contributed by atoms with van der Waals surface area (Å²) in [7, 11) is 0. The fourth-order valence-corrected chi connectivity index (χ4v) is 8.80. The van der Waals surface area contributed by atoms with Gasteiger partial charge in [0.25, 0.3) is 0 Å². The third kappa shape index (κ3) is 7.46. The number of hydrogen-bond donors (Lipinski definition) is 1. The monoisotopic (exact) mass is 596 g/mol. The molecule has 2 aromatic carbocycles. The third-order valence-corrected chi connectivity index (χ3v) is 11.0. The average Bonchev–Trinajstić information content (AvgIpc) is 3.68. The first kappa shape index (κ1) is 31.0. The summed E-state index contributed by atoms with van der Waals surface area (Å²) in [5.74, 6) is 0.941. The summed E-state index contributed by atoms with van der Waals surface area (Å²) in [6.45, 7) is 6.70. The number of nitrogens with zero attached hydrogens (tertiary/aromatic N) is 4. The number of benzene rings is 2. The van der Waals surface area contributed by atoms with Crippen LogP contribution in [0.15, 0.2) is 66.9 Å². The van der Waals surface area contributed by atoms with Crippen molar-refractivity contribution in [3.05, 3.63) is 89.2 Å². The Hall–Kier alpha value is -2.96. The number of hydrogen-bond acceptors (Lipinski definition) is 4. The number of rotatable bonds is 12. The standard InChI is InChI=1S/C38H52N4O2/c1-2-42-38(32(26-39-42)19-18-29-12-6-3-7-13-29)31-20-22-40(23-21-31)27-33-24-35(25-36(33)30-14-8-4-9-15-30)41(28-37(43)44)34-16-10-5-11-17-34/h3-4,6-9,12-15,26,31,33-36H,2,5,10-11,16-25,27-28H2,1H3,(H,43,44)/t33-,35?,36-/m1/s1. The van der Waals surface area contributed by atoms with Gasteiger partial charge in [-0.15, -0.1) is 0 Å². The first-order chi connectivity index (χ1) is 21.6. The Labute approximate surface area is 264 Å². The summed E-state index contributed by atoms with van der Waals surface area (Å²) in [4.78, 5) is 17.1. The fourth-order valence-electron chi connectivity index (χ4n) is 8.80. The smallest absolute Gasteiger partial charge is 0.317 e. The molecule has 1 N–H and O–H groups in total. The Balaban J connectivity index is 1.12. The molecule has 1 unspecified atom stereocenters. The molecule has 1 saturated heterocycles. The Morgan fingerprint density at radius 2 is 1.59 bits per heavy atom. The van der Waals surface area contributed by atoms with Crippen molar-refractivity contribution in [3.63, 3.8) is 0 Å². The molecule has 6 heteroatoms. The highest BCUT2D eigenvalue weighted by atomic mass is 16.4. The molecule has 44 heavy (non-hydrogen) atoms. The van der Waals surface area contributed by atoms with Crippen molar-refractivity contribution in [2.24, 2.45) is 5.92 Å². The van der Waals surface area contributed by atoms with Crippen LogP contribution in [0.3, 0.4) is 0 Å². The van der Waals surface area contributed by atoms with Crippen molar-refractivity contribution < 1.29 is 9.90 Å². The number of carboxylic acids is 1. The molecule has 2 heterocycles. The van der Waals surface area contributed by atoms with Crippen LogP contribution < -0.4 is 0 Å². The molecule has 6 nitrogen and oxygen atoms in total. The van der Waals surface area contributed by atoms with E-state index in [1.54, 1.807) is 0 Å². The normalized spacial score (nSPS) is 23.8. The topological polar surface area (TPSA) is 61.6 Å². The van der Waals surface area contributed by atoms with Gasteiger partial charge in [-0.3, -0.25) is 14.4 Å². The Bertz CT molecular complexity index is 1310. The van der Waals surface area contributed by atoms with Gasteiger partial charge in [-0.05, 0) is 99.9 Å². The second-order valence-electron chi connectivity index (χ2n) is 13.7. The molecule has 3 aromatic rings. The molecule has 6 rings (SSSR count). The highest BCUT2D eigenvalue weighted by molar-refractivity contribution is 5.69. The lowest BCUT2D eigenvalue weighted by atomic mass is 9.86. The molecule has 1 aliphatic heterocycles. The van der Waals surface area contributed by atoms with Crippen molar-refractivity contribution in [2.45, 2.75) is 108 Å². The summed E-state index contributed by atoms with van der Waals surface area (Å²) < 4.78 is 2.26. The van der Waals surface area contributed by atoms with Crippen LogP contribution in [0.4, 0.5) is 0 Å². The third-order valence-electron chi connectivity index (χ3n) is 11.0. The predicted molar refractivity (Wildman–Crippen MR) is 177 cm³/mol. The van der Waals surface area contributed by atoms with Gasteiger partial charge in [-0.2, -0.15) is 5.10 Å². The highest BCUT2D eigenvalue weighted by Gasteiger charge is 2.41. The molecule has 3 fully saturated rings. The van der Waals surface area contributed by atoms with Gasteiger partial charge in [0, 0.05) is 36.8 Å². The molecule has 0 bridgehead atoms.